The molecule has 29 heavy (non-hydrogen) atoms. The number of carbonyl (C=O) groups is 1. The SMILES string of the molecule is COc1ccc(CNC(=O)CN2CCN(Cc3nc4ccccc4s3)CC2)cc1. The quantitative estimate of drug-likeness (QED) is 0.649. The Morgan fingerprint density at radius 1 is 1.07 bits per heavy atom. The molecule has 0 aliphatic carbocycles. The normalized spacial score (nSPS) is 15.5. The van der Waals surface area contributed by atoms with Crippen molar-refractivity contribution in [1.29, 1.82) is 0 Å². The number of carbonyl (C=O) groups excluding carboxylic acids is 1. The van der Waals surface area contributed by atoms with Gasteiger partial charge < -0.3 is 10.1 Å². The molecule has 1 amide bonds. The van der Waals surface area contributed by atoms with Crippen LogP contribution in [0.4, 0.5) is 0 Å². The van der Waals surface area contributed by atoms with E-state index in [4.69, 9.17) is 9.72 Å². The van der Waals surface area contributed by atoms with Crippen LogP contribution in [0.15, 0.2) is 48.5 Å². The zero-order valence-electron chi connectivity index (χ0n) is 16.6. The van der Waals surface area contributed by atoms with Crippen molar-refractivity contribution in [1.82, 2.24) is 20.1 Å². The van der Waals surface area contributed by atoms with E-state index in [0.29, 0.717) is 13.1 Å². The van der Waals surface area contributed by atoms with Crippen molar-refractivity contribution in [2.45, 2.75) is 13.1 Å². The molecule has 0 atom stereocenters. The summed E-state index contributed by atoms with van der Waals surface area (Å²) >= 11 is 1.77. The maximum atomic E-state index is 12.3. The second-order valence-corrected chi connectivity index (χ2v) is 8.37. The van der Waals surface area contributed by atoms with Gasteiger partial charge in [0.1, 0.15) is 10.8 Å². The van der Waals surface area contributed by atoms with E-state index in [0.717, 1.165) is 54.6 Å². The summed E-state index contributed by atoms with van der Waals surface area (Å²) in [6, 6.07) is 16.0. The summed E-state index contributed by atoms with van der Waals surface area (Å²) in [6.07, 6.45) is 0. The first-order chi connectivity index (χ1) is 14.2. The van der Waals surface area contributed by atoms with Gasteiger partial charge >= 0.3 is 0 Å². The summed E-state index contributed by atoms with van der Waals surface area (Å²) in [5, 5.41) is 4.17. The molecule has 2 heterocycles. The molecule has 0 bridgehead atoms. The second kappa shape index (κ2) is 9.35. The van der Waals surface area contributed by atoms with Gasteiger partial charge in [0.05, 0.1) is 30.4 Å². The summed E-state index contributed by atoms with van der Waals surface area (Å²) in [6.45, 7) is 5.60. The first kappa shape index (κ1) is 19.8. The van der Waals surface area contributed by atoms with E-state index in [1.807, 2.05) is 30.3 Å². The lowest BCUT2D eigenvalue weighted by Gasteiger charge is -2.33. The Morgan fingerprint density at radius 2 is 1.79 bits per heavy atom. The number of hydrogen-bond donors (Lipinski definition) is 1. The molecule has 1 fully saturated rings. The number of benzene rings is 2. The molecule has 0 spiro atoms. The van der Waals surface area contributed by atoms with Crippen LogP contribution in [0.5, 0.6) is 5.75 Å². The van der Waals surface area contributed by atoms with Gasteiger partial charge in [-0.3, -0.25) is 14.6 Å². The summed E-state index contributed by atoms with van der Waals surface area (Å²) in [5.41, 5.74) is 2.15. The Labute approximate surface area is 175 Å². The van der Waals surface area contributed by atoms with Crippen LogP contribution < -0.4 is 10.1 Å². The number of nitrogens with one attached hydrogen (secondary N) is 1. The first-order valence-electron chi connectivity index (χ1n) is 9.88. The second-order valence-electron chi connectivity index (χ2n) is 7.25. The monoisotopic (exact) mass is 410 g/mol. The fourth-order valence-electron chi connectivity index (χ4n) is 3.49. The minimum atomic E-state index is 0.0699. The minimum Gasteiger partial charge on any atom is -0.497 e. The van der Waals surface area contributed by atoms with Crippen LogP contribution in [0.1, 0.15) is 10.6 Å². The predicted molar refractivity (Wildman–Crippen MR) is 116 cm³/mol. The van der Waals surface area contributed by atoms with E-state index >= 15 is 0 Å². The number of methoxy groups -OCH3 is 1. The van der Waals surface area contributed by atoms with Crippen LogP contribution in [-0.4, -0.2) is 60.5 Å². The molecule has 1 aliphatic rings. The first-order valence-corrected chi connectivity index (χ1v) is 10.7. The lowest BCUT2D eigenvalue weighted by Crippen LogP contribution is -2.49. The average Bonchev–Trinajstić information content (AvgIpc) is 3.16. The molecule has 1 aromatic heterocycles. The van der Waals surface area contributed by atoms with E-state index in [9.17, 15) is 4.79 Å². The molecule has 1 N–H and O–H groups in total. The summed E-state index contributed by atoms with van der Waals surface area (Å²) in [7, 11) is 1.65. The third kappa shape index (κ3) is 5.32. The van der Waals surface area contributed by atoms with Crippen LogP contribution in [0.3, 0.4) is 0 Å². The third-order valence-corrected chi connectivity index (χ3v) is 6.20. The van der Waals surface area contributed by atoms with Crippen molar-refractivity contribution in [2.24, 2.45) is 0 Å². The van der Waals surface area contributed by atoms with Gasteiger partial charge in [-0.15, -0.1) is 11.3 Å². The van der Waals surface area contributed by atoms with E-state index in [1.165, 1.54) is 4.70 Å². The molecule has 4 rings (SSSR count). The highest BCUT2D eigenvalue weighted by molar-refractivity contribution is 7.18. The smallest absolute Gasteiger partial charge is 0.234 e. The average molecular weight is 411 g/mol. The molecule has 152 valence electrons. The van der Waals surface area contributed by atoms with Crippen molar-refractivity contribution < 1.29 is 9.53 Å². The van der Waals surface area contributed by atoms with E-state index in [1.54, 1.807) is 18.4 Å². The maximum absolute atomic E-state index is 12.3. The fourth-order valence-corrected chi connectivity index (χ4v) is 4.50. The van der Waals surface area contributed by atoms with Crippen LogP contribution in [0, 0.1) is 0 Å². The number of amides is 1. The Bertz CT molecular complexity index is 916. The molecule has 2 aromatic carbocycles. The Hall–Kier alpha value is -2.48. The zero-order valence-corrected chi connectivity index (χ0v) is 17.5. The van der Waals surface area contributed by atoms with Crippen molar-refractivity contribution in [3.63, 3.8) is 0 Å². The number of rotatable bonds is 7. The number of aromatic nitrogens is 1. The van der Waals surface area contributed by atoms with Gasteiger partial charge in [-0.05, 0) is 29.8 Å². The fraction of sp³-hybridized carbons (Fsp3) is 0.364. The standard InChI is InChI=1S/C22H26N4O2S/c1-28-18-8-6-17(7-9-18)14-23-21(27)15-25-10-12-26(13-11-25)16-22-24-19-4-2-3-5-20(19)29-22/h2-9H,10-16H2,1H3,(H,23,27). The molecule has 0 saturated carbocycles. The largest absolute Gasteiger partial charge is 0.497 e. The minimum absolute atomic E-state index is 0.0699. The molecule has 1 saturated heterocycles. The highest BCUT2D eigenvalue weighted by Crippen LogP contribution is 2.23. The van der Waals surface area contributed by atoms with Gasteiger partial charge in [0.15, 0.2) is 0 Å². The van der Waals surface area contributed by atoms with Crippen LogP contribution >= 0.6 is 11.3 Å². The zero-order chi connectivity index (χ0) is 20.1. The highest BCUT2D eigenvalue weighted by Gasteiger charge is 2.20. The van der Waals surface area contributed by atoms with Gasteiger partial charge in [-0.25, -0.2) is 4.98 Å². The number of fused-ring (bicyclic) bond motifs is 1. The van der Waals surface area contributed by atoms with Crippen LogP contribution in [0.2, 0.25) is 0 Å². The lowest BCUT2D eigenvalue weighted by molar-refractivity contribution is -0.122. The lowest BCUT2D eigenvalue weighted by atomic mass is 10.2. The summed E-state index contributed by atoms with van der Waals surface area (Å²) in [5.74, 6) is 0.893. The number of hydrogen-bond acceptors (Lipinski definition) is 6. The number of nitrogens with zero attached hydrogens (tertiary/aromatic N) is 3. The molecular formula is C22H26N4O2S. The van der Waals surface area contributed by atoms with Crippen molar-refractivity contribution >= 4 is 27.5 Å². The van der Waals surface area contributed by atoms with Gasteiger partial charge in [0.25, 0.3) is 0 Å². The van der Waals surface area contributed by atoms with E-state index in [-0.39, 0.29) is 5.91 Å². The Morgan fingerprint density at radius 3 is 2.52 bits per heavy atom. The van der Waals surface area contributed by atoms with E-state index in [2.05, 4.69) is 33.3 Å². The highest BCUT2D eigenvalue weighted by atomic mass is 32.1. The number of ether oxygens (including phenoxy) is 1. The predicted octanol–water partition coefficient (Wildman–Crippen LogP) is 2.74. The molecular weight excluding hydrogens is 384 g/mol. The Kier molecular flexibility index (Phi) is 6.39. The number of thiazole rings is 1. The molecule has 3 aromatic rings. The third-order valence-electron chi connectivity index (χ3n) is 5.18. The molecule has 7 heteroatoms. The number of piperazine rings is 1. The van der Waals surface area contributed by atoms with Crippen LogP contribution in [0.25, 0.3) is 10.2 Å². The van der Waals surface area contributed by atoms with Crippen LogP contribution in [-0.2, 0) is 17.9 Å². The van der Waals surface area contributed by atoms with Gasteiger partial charge in [0, 0.05) is 32.7 Å². The molecule has 0 radical (unpaired) electrons. The molecule has 6 nitrogen and oxygen atoms in total. The van der Waals surface area contributed by atoms with Gasteiger partial charge in [-0.1, -0.05) is 24.3 Å². The molecule has 1 aliphatic heterocycles. The van der Waals surface area contributed by atoms with E-state index < -0.39 is 0 Å². The topological polar surface area (TPSA) is 57.7 Å². The van der Waals surface area contributed by atoms with Crippen molar-refractivity contribution in [3.8, 4) is 5.75 Å². The summed E-state index contributed by atoms with van der Waals surface area (Å²) in [4.78, 5) is 21.7. The summed E-state index contributed by atoms with van der Waals surface area (Å²) < 4.78 is 6.40. The van der Waals surface area contributed by atoms with Crippen molar-refractivity contribution in [2.75, 3.05) is 39.8 Å². The van der Waals surface area contributed by atoms with Gasteiger partial charge in [-0.2, -0.15) is 0 Å². The molecule has 0 unspecified atom stereocenters. The Balaban J connectivity index is 1.19. The maximum Gasteiger partial charge on any atom is 0.234 e. The van der Waals surface area contributed by atoms with Gasteiger partial charge in [0.2, 0.25) is 5.91 Å². The number of para-hydroxylation sites is 1. The van der Waals surface area contributed by atoms with Crippen molar-refractivity contribution in [3.05, 3.63) is 59.1 Å².